The summed E-state index contributed by atoms with van der Waals surface area (Å²) in [5.74, 6) is 0.268. The number of hydrogen-bond donors (Lipinski definition) is 2. The molecule has 1 fully saturated rings. The Balaban J connectivity index is 2.13. The monoisotopic (exact) mass is 266 g/mol. The van der Waals surface area contributed by atoms with Crippen LogP contribution >= 0.6 is 0 Å². The zero-order chi connectivity index (χ0) is 13.7. The molecule has 1 aliphatic rings. The molecule has 1 aromatic carbocycles. The average molecular weight is 266 g/mol. The van der Waals surface area contributed by atoms with Gasteiger partial charge in [-0.1, -0.05) is 13.0 Å². The minimum atomic E-state index is -0.136. The smallest absolute Gasteiger partial charge is 0.129 e. The van der Waals surface area contributed by atoms with Crippen LogP contribution in [0.2, 0.25) is 0 Å². The zero-order valence-corrected chi connectivity index (χ0v) is 11.5. The molecule has 0 bridgehead atoms. The lowest BCUT2D eigenvalue weighted by Crippen LogP contribution is -2.35. The van der Waals surface area contributed by atoms with E-state index in [1.807, 2.05) is 13.0 Å². The van der Waals surface area contributed by atoms with Crippen molar-refractivity contribution in [1.29, 1.82) is 0 Å². The van der Waals surface area contributed by atoms with Crippen molar-refractivity contribution >= 4 is 5.69 Å². The van der Waals surface area contributed by atoms with Crippen molar-refractivity contribution in [1.82, 2.24) is 5.32 Å². The van der Waals surface area contributed by atoms with Gasteiger partial charge in [-0.25, -0.2) is 4.39 Å². The number of rotatable bonds is 5. The molecule has 0 unspecified atom stereocenters. The van der Waals surface area contributed by atoms with Gasteiger partial charge >= 0.3 is 0 Å². The highest BCUT2D eigenvalue weighted by atomic mass is 19.1. The molecule has 1 heterocycles. The number of halogens is 1. The standard InChI is InChI=1S/C15H23FN2O/c1-2-17-10-13-14(16)4-3-5-15(13)18-8-6-12(11-19)7-9-18/h3-5,12,17,19H,2,6-11H2,1H3. The van der Waals surface area contributed by atoms with Gasteiger partial charge in [0, 0.05) is 37.5 Å². The van der Waals surface area contributed by atoms with Crippen molar-refractivity contribution in [3.8, 4) is 0 Å². The summed E-state index contributed by atoms with van der Waals surface area (Å²) in [6.45, 7) is 5.48. The minimum Gasteiger partial charge on any atom is -0.396 e. The number of nitrogens with zero attached hydrogens (tertiary/aromatic N) is 1. The van der Waals surface area contributed by atoms with E-state index < -0.39 is 0 Å². The Bertz CT molecular complexity index is 403. The molecule has 0 aromatic heterocycles. The van der Waals surface area contributed by atoms with Gasteiger partial charge in [-0.05, 0) is 37.4 Å². The summed E-state index contributed by atoms with van der Waals surface area (Å²) in [6, 6.07) is 5.30. The van der Waals surface area contributed by atoms with Crippen LogP contribution in [-0.2, 0) is 6.54 Å². The fourth-order valence-corrected chi connectivity index (χ4v) is 2.62. The highest BCUT2D eigenvalue weighted by molar-refractivity contribution is 5.54. The van der Waals surface area contributed by atoms with Crippen LogP contribution in [-0.4, -0.2) is 31.3 Å². The maximum Gasteiger partial charge on any atom is 0.129 e. The molecule has 19 heavy (non-hydrogen) atoms. The summed E-state index contributed by atoms with van der Waals surface area (Å²) >= 11 is 0. The summed E-state index contributed by atoms with van der Waals surface area (Å²) in [7, 11) is 0. The fraction of sp³-hybridized carbons (Fsp3) is 0.600. The fourth-order valence-electron chi connectivity index (χ4n) is 2.62. The lowest BCUT2D eigenvalue weighted by molar-refractivity contribution is 0.203. The number of anilines is 1. The largest absolute Gasteiger partial charge is 0.396 e. The second kappa shape index (κ2) is 6.87. The molecule has 2 N–H and O–H groups in total. The third-order valence-electron chi connectivity index (χ3n) is 3.86. The van der Waals surface area contributed by atoms with Crippen molar-refractivity contribution in [2.75, 3.05) is 31.1 Å². The Hall–Kier alpha value is -1.13. The van der Waals surface area contributed by atoms with Gasteiger partial charge in [-0.2, -0.15) is 0 Å². The molecule has 0 saturated carbocycles. The van der Waals surface area contributed by atoms with E-state index in [0.29, 0.717) is 12.5 Å². The van der Waals surface area contributed by atoms with Gasteiger partial charge in [-0.3, -0.25) is 0 Å². The van der Waals surface area contributed by atoms with E-state index in [9.17, 15) is 9.50 Å². The predicted molar refractivity (Wildman–Crippen MR) is 75.8 cm³/mol. The third kappa shape index (κ3) is 3.45. The number of aliphatic hydroxyl groups is 1. The third-order valence-corrected chi connectivity index (χ3v) is 3.86. The maximum atomic E-state index is 14.0. The number of hydrogen-bond acceptors (Lipinski definition) is 3. The Labute approximate surface area is 114 Å². The predicted octanol–water partition coefficient (Wildman–Crippen LogP) is 2.14. The molecule has 4 heteroatoms. The highest BCUT2D eigenvalue weighted by Crippen LogP contribution is 2.27. The van der Waals surface area contributed by atoms with Crippen LogP contribution < -0.4 is 10.2 Å². The molecule has 0 spiro atoms. The van der Waals surface area contributed by atoms with E-state index >= 15 is 0 Å². The Morgan fingerprint density at radius 2 is 2.11 bits per heavy atom. The van der Waals surface area contributed by atoms with Crippen LogP contribution in [0.4, 0.5) is 10.1 Å². The van der Waals surface area contributed by atoms with Gasteiger partial charge < -0.3 is 15.3 Å². The van der Waals surface area contributed by atoms with Crippen molar-refractivity contribution < 1.29 is 9.50 Å². The number of piperidine rings is 1. The van der Waals surface area contributed by atoms with Gasteiger partial charge in [0.05, 0.1) is 0 Å². The number of aliphatic hydroxyl groups excluding tert-OH is 1. The van der Waals surface area contributed by atoms with E-state index in [1.165, 1.54) is 6.07 Å². The van der Waals surface area contributed by atoms with Gasteiger partial charge in [0.15, 0.2) is 0 Å². The lowest BCUT2D eigenvalue weighted by atomic mass is 9.97. The second-order valence-electron chi connectivity index (χ2n) is 5.13. The van der Waals surface area contributed by atoms with E-state index in [4.69, 9.17) is 0 Å². The molecule has 106 valence electrons. The molecule has 0 atom stereocenters. The van der Waals surface area contributed by atoms with Crippen LogP contribution in [0.15, 0.2) is 18.2 Å². The molecule has 0 aliphatic carbocycles. The van der Waals surface area contributed by atoms with Crippen molar-refractivity contribution in [2.45, 2.75) is 26.3 Å². The first-order valence-corrected chi connectivity index (χ1v) is 7.10. The first-order valence-electron chi connectivity index (χ1n) is 7.10. The van der Waals surface area contributed by atoms with Crippen molar-refractivity contribution in [3.05, 3.63) is 29.6 Å². The van der Waals surface area contributed by atoms with E-state index in [-0.39, 0.29) is 12.4 Å². The normalized spacial score (nSPS) is 16.9. The Morgan fingerprint density at radius 1 is 1.37 bits per heavy atom. The molecule has 1 saturated heterocycles. The van der Waals surface area contributed by atoms with Crippen LogP contribution in [0, 0.1) is 11.7 Å². The summed E-state index contributed by atoms with van der Waals surface area (Å²) in [4.78, 5) is 2.24. The van der Waals surface area contributed by atoms with Crippen LogP contribution in [0.25, 0.3) is 0 Å². The molecular formula is C15H23FN2O. The second-order valence-corrected chi connectivity index (χ2v) is 5.13. The summed E-state index contributed by atoms with van der Waals surface area (Å²) in [6.07, 6.45) is 1.96. The molecule has 0 radical (unpaired) electrons. The molecule has 2 rings (SSSR count). The summed E-state index contributed by atoms with van der Waals surface area (Å²) in [5, 5.41) is 12.4. The van der Waals surface area contributed by atoms with Crippen LogP contribution in [0.5, 0.6) is 0 Å². The van der Waals surface area contributed by atoms with E-state index in [1.54, 1.807) is 6.07 Å². The molecular weight excluding hydrogens is 243 g/mol. The SMILES string of the molecule is CCNCc1c(F)cccc1N1CCC(CO)CC1. The van der Waals surface area contributed by atoms with Crippen LogP contribution in [0.3, 0.4) is 0 Å². The molecule has 1 aromatic rings. The van der Waals surface area contributed by atoms with Crippen molar-refractivity contribution in [2.24, 2.45) is 5.92 Å². The Morgan fingerprint density at radius 3 is 2.74 bits per heavy atom. The average Bonchev–Trinajstić information content (AvgIpc) is 2.46. The zero-order valence-electron chi connectivity index (χ0n) is 11.5. The summed E-state index contributed by atoms with van der Waals surface area (Å²) in [5.41, 5.74) is 1.75. The topological polar surface area (TPSA) is 35.5 Å². The summed E-state index contributed by atoms with van der Waals surface area (Å²) < 4.78 is 14.0. The van der Waals surface area contributed by atoms with Crippen LogP contribution in [0.1, 0.15) is 25.3 Å². The van der Waals surface area contributed by atoms with E-state index in [0.717, 1.165) is 43.7 Å². The highest BCUT2D eigenvalue weighted by Gasteiger charge is 2.21. The van der Waals surface area contributed by atoms with Gasteiger partial charge in [0.2, 0.25) is 0 Å². The van der Waals surface area contributed by atoms with Gasteiger partial charge in [0.1, 0.15) is 5.82 Å². The van der Waals surface area contributed by atoms with Gasteiger partial charge in [0.25, 0.3) is 0 Å². The van der Waals surface area contributed by atoms with E-state index in [2.05, 4.69) is 10.2 Å². The lowest BCUT2D eigenvalue weighted by Gasteiger charge is -2.34. The molecule has 1 aliphatic heterocycles. The minimum absolute atomic E-state index is 0.136. The maximum absolute atomic E-state index is 14.0. The first kappa shape index (κ1) is 14.3. The molecule has 0 amide bonds. The number of benzene rings is 1. The van der Waals surface area contributed by atoms with Gasteiger partial charge in [-0.15, -0.1) is 0 Å². The Kier molecular flexibility index (Phi) is 5.16. The first-order chi connectivity index (χ1) is 9.26. The van der Waals surface area contributed by atoms with Crippen molar-refractivity contribution in [3.63, 3.8) is 0 Å². The molecule has 3 nitrogen and oxygen atoms in total. The quantitative estimate of drug-likeness (QED) is 0.857. The number of nitrogens with one attached hydrogen (secondary N) is 1.